The summed E-state index contributed by atoms with van der Waals surface area (Å²) in [6.45, 7) is 6.16. The zero-order chi connectivity index (χ0) is 14.3. The molecule has 2 aliphatic rings. The largest absolute Gasteiger partial charge is 0.352 e. The first-order chi connectivity index (χ1) is 9.52. The molecule has 1 N–H and O–H groups in total. The maximum atomic E-state index is 12.1. The minimum atomic E-state index is 0.0493. The molecule has 1 aromatic rings. The fraction of sp³-hybridized carbons (Fsp3) is 0.800. The van der Waals surface area contributed by atoms with E-state index in [9.17, 15) is 4.79 Å². The van der Waals surface area contributed by atoms with Gasteiger partial charge in [0.15, 0.2) is 0 Å². The number of aryl methyl sites for hydroxylation is 2. The molecular formula is C15H24N4O. The van der Waals surface area contributed by atoms with Crippen LogP contribution >= 0.6 is 0 Å². The van der Waals surface area contributed by atoms with Gasteiger partial charge in [-0.15, -0.1) is 0 Å². The lowest BCUT2D eigenvalue weighted by atomic mass is 9.84. The molecule has 0 spiro atoms. The van der Waals surface area contributed by atoms with Gasteiger partial charge in [0.05, 0.1) is 0 Å². The summed E-state index contributed by atoms with van der Waals surface area (Å²) in [6.07, 6.45) is 5.44. The van der Waals surface area contributed by atoms with Crippen LogP contribution in [0.15, 0.2) is 0 Å². The number of aromatic nitrogens is 3. The molecule has 2 bridgehead atoms. The van der Waals surface area contributed by atoms with Crippen molar-refractivity contribution in [3.05, 3.63) is 11.6 Å². The van der Waals surface area contributed by atoms with Gasteiger partial charge in [-0.2, -0.15) is 5.10 Å². The van der Waals surface area contributed by atoms with Crippen LogP contribution in [0.4, 0.5) is 0 Å². The Morgan fingerprint density at radius 3 is 2.75 bits per heavy atom. The quantitative estimate of drug-likeness (QED) is 0.912. The highest BCUT2D eigenvalue weighted by Gasteiger charge is 2.42. The molecule has 0 radical (unpaired) electrons. The van der Waals surface area contributed by atoms with Crippen molar-refractivity contribution in [1.29, 1.82) is 0 Å². The summed E-state index contributed by atoms with van der Waals surface area (Å²) in [5, 5.41) is 7.40. The predicted octanol–water partition coefficient (Wildman–Crippen LogP) is 1.84. The zero-order valence-electron chi connectivity index (χ0n) is 12.6. The second kappa shape index (κ2) is 5.19. The van der Waals surface area contributed by atoms with Crippen LogP contribution in [0.1, 0.15) is 44.3 Å². The highest BCUT2D eigenvalue weighted by atomic mass is 16.2. The van der Waals surface area contributed by atoms with Crippen molar-refractivity contribution < 1.29 is 4.79 Å². The SMILES string of the molecule is Cc1nc(C)n(CC(=O)N[C@@H](C)[C@H]2C[C@@H]3CC[C@@H]2C3)n1. The Morgan fingerprint density at radius 1 is 1.40 bits per heavy atom. The Balaban J connectivity index is 1.55. The van der Waals surface area contributed by atoms with Crippen LogP contribution in [0.2, 0.25) is 0 Å². The molecule has 2 fully saturated rings. The standard InChI is InChI=1S/C15H24N4O/c1-9(14-7-12-4-5-13(14)6-12)16-15(20)8-19-11(3)17-10(2)18-19/h9,12-14H,4-8H2,1-3H3,(H,16,20)/t9-,12+,13+,14+/m0/s1. The number of carbonyl (C=O) groups is 1. The van der Waals surface area contributed by atoms with E-state index in [2.05, 4.69) is 22.3 Å². The first-order valence-corrected chi connectivity index (χ1v) is 7.70. The zero-order valence-corrected chi connectivity index (χ0v) is 12.6. The van der Waals surface area contributed by atoms with Crippen LogP contribution in [-0.4, -0.2) is 26.7 Å². The summed E-state index contributed by atoms with van der Waals surface area (Å²) in [7, 11) is 0. The average molecular weight is 276 g/mol. The van der Waals surface area contributed by atoms with Gasteiger partial charge in [0, 0.05) is 6.04 Å². The summed E-state index contributed by atoms with van der Waals surface area (Å²) in [4.78, 5) is 16.4. The van der Waals surface area contributed by atoms with Gasteiger partial charge >= 0.3 is 0 Å². The van der Waals surface area contributed by atoms with E-state index in [-0.39, 0.29) is 18.5 Å². The van der Waals surface area contributed by atoms with Crippen LogP contribution in [0.25, 0.3) is 0 Å². The van der Waals surface area contributed by atoms with Gasteiger partial charge in [0.1, 0.15) is 18.2 Å². The number of nitrogens with zero attached hydrogens (tertiary/aromatic N) is 3. The van der Waals surface area contributed by atoms with E-state index in [0.717, 1.165) is 23.5 Å². The Morgan fingerprint density at radius 2 is 2.20 bits per heavy atom. The Kier molecular flexibility index (Phi) is 3.52. The number of hydrogen-bond donors (Lipinski definition) is 1. The van der Waals surface area contributed by atoms with Crippen molar-refractivity contribution in [3.63, 3.8) is 0 Å². The molecule has 2 saturated carbocycles. The van der Waals surface area contributed by atoms with E-state index in [1.807, 2.05) is 13.8 Å². The first kappa shape index (κ1) is 13.6. The number of rotatable bonds is 4. The predicted molar refractivity (Wildman–Crippen MR) is 76.0 cm³/mol. The number of fused-ring (bicyclic) bond motifs is 2. The third-order valence-electron chi connectivity index (χ3n) is 5.08. The molecule has 3 rings (SSSR count). The molecule has 0 saturated heterocycles. The number of hydrogen-bond acceptors (Lipinski definition) is 3. The first-order valence-electron chi connectivity index (χ1n) is 7.70. The van der Waals surface area contributed by atoms with E-state index >= 15 is 0 Å². The normalized spacial score (nSPS) is 29.6. The Bertz CT molecular complexity index is 510. The lowest BCUT2D eigenvalue weighted by Crippen LogP contribution is -2.41. The number of carbonyl (C=O) groups excluding carboxylic acids is 1. The van der Waals surface area contributed by atoms with Gasteiger partial charge in [-0.3, -0.25) is 4.79 Å². The molecule has 2 aliphatic carbocycles. The average Bonchev–Trinajstić information content (AvgIpc) is 3.05. The molecule has 0 unspecified atom stereocenters. The summed E-state index contributed by atoms with van der Waals surface area (Å²) in [5.41, 5.74) is 0. The van der Waals surface area contributed by atoms with Crippen molar-refractivity contribution in [2.24, 2.45) is 17.8 Å². The van der Waals surface area contributed by atoms with Crippen molar-refractivity contribution in [1.82, 2.24) is 20.1 Å². The molecule has 4 atom stereocenters. The van der Waals surface area contributed by atoms with Crippen LogP contribution in [0.3, 0.4) is 0 Å². The highest BCUT2D eigenvalue weighted by Crippen LogP contribution is 2.49. The van der Waals surface area contributed by atoms with E-state index in [1.165, 1.54) is 25.7 Å². The summed E-state index contributed by atoms with van der Waals surface area (Å²) in [6, 6.07) is 0.280. The Labute approximate surface area is 120 Å². The van der Waals surface area contributed by atoms with Gasteiger partial charge in [-0.25, -0.2) is 9.67 Å². The van der Waals surface area contributed by atoms with Gasteiger partial charge in [0.2, 0.25) is 5.91 Å². The summed E-state index contributed by atoms with van der Waals surface area (Å²) >= 11 is 0. The fourth-order valence-corrected chi connectivity index (χ4v) is 4.16. The van der Waals surface area contributed by atoms with Crippen molar-refractivity contribution in [2.45, 2.75) is 59.0 Å². The topological polar surface area (TPSA) is 59.8 Å². The summed E-state index contributed by atoms with van der Waals surface area (Å²) < 4.78 is 1.68. The Hall–Kier alpha value is -1.39. The van der Waals surface area contributed by atoms with E-state index in [1.54, 1.807) is 4.68 Å². The molecule has 0 aliphatic heterocycles. The molecule has 5 heteroatoms. The summed E-state index contributed by atoms with van der Waals surface area (Å²) in [5.74, 6) is 4.00. The van der Waals surface area contributed by atoms with Crippen LogP contribution in [-0.2, 0) is 11.3 Å². The molecule has 20 heavy (non-hydrogen) atoms. The molecule has 1 amide bonds. The third kappa shape index (κ3) is 2.58. The lowest BCUT2D eigenvalue weighted by molar-refractivity contribution is -0.123. The maximum Gasteiger partial charge on any atom is 0.242 e. The smallest absolute Gasteiger partial charge is 0.242 e. The second-order valence-corrected chi connectivity index (χ2v) is 6.56. The molecular weight excluding hydrogens is 252 g/mol. The molecule has 1 aromatic heterocycles. The van der Waals surface area contributed by atoms with Gasteiger partial charge in [-0.05, 0) is 57.8 Å². The molecule has 5 nitrogen and oxygen atoms in total. The van der Waals surface area contributed by atoms with Crippen molar-refractivity contribution in [3.8, 4) is 0 Å². The van der Waals surface area contributed by atoms with Crippen molar-refractivity contribution in [2.75, 3.05) is 0 Å². The van der Waals surface area contributed by atoms with Gasteiger partial charge in [-0.1, -0.05) is 6.42 Å². The highest BCUT2D eigenvalue weighted by molar-refractivity contribution is 5.76. The van der Waals surface area contributed by atoms with E-state index < -0.39 is 0 Å². The van der Waals surface area contributed by atoms with Gasteiger partial charge < -0.3 is 5.32 Å². The second-order valence-electron chi connectivity index (χ2n) is 6.56. The molecule has 1 heterocycles. The van der Waals surface area contributed by atoms with Crippen LogP contribution < -0.4 is 5.32 Å². The number of nitrogens with one attached hydrogen (secondary N) is 1. The van der Waals surface area contributed by atoms with Crippen LogP contribution in [0, 0.1) is 31.6 Å². The van der Waals surface area contributed by atoms with E-state index in [0.29, 0.717) is 5.92 Å². The van der Waals surface area contributed by atoms with Gasteiger partial charge in [0.25, 0.3) is 0 Å². The van der Waals surface area contributed by atoms with Crippen LogP contribution in [0.5, 0.6) is 0 Å². The molecule has 0 aromatic carbocycles. The van der Waals surface area contributed by atoms with Crippen molar-refractivity contribution >= 4 is 5.91 Å². The number of amides is 1. The minimum Gasteiger partial charge on any atom is -0.352 e. The fourth-order valence-electron chi connectivity index (χ4n) is 4.16. The minimum absolute atomic E-state index is 0.0493. The molecule has 110 valence electrons. The lowest BCUT2D eigenvalue weighted by Gasteiger charge is -2.28. The third-order valence-corrected chi connectivity index (χ3v) is 5.08. The monoisotopic (exact) mass is 276 g/mol. The van der Waals surface area contributed by atoms with E-state index in [4.69, 9.17) is 0 Å². The maximum absolute atomic E-state index is 12.1.